The van der Waals surface area contributed by atoms with Gasteiger partial charge in [-0.3, -0.25) is 0 Å². The van der Waals surface area contributed by atoms with Crippen molar-refractivity contribution in [2.45, 2.75) is 26.2 Å². The zero-order chi connectivity index (χ0) is 17.4. The van der Waals surface area contributed by atoms with Crippen molar-refractivity contribution in [3.63, 3.8) is 0 Å². The van der Waals surface area contributed by atoms with Gasteiger partial charge >= 0.3 is 0 Å². The molecule has 4 nitrogen and oxygen atoms in total. The Morgan fingerprint density at radius 2 is 1.88 bits per heavy atom. The SMILES string of the molecule is CCCCc1nc2cc(Cl)ccc2c2nc(-c3ccc(Br)cc3)nn12. The summed E-state index contributed by atoms with van der Waals surface area (Å²) in [7, 11) is 0. The monoisotopic (exact) mass is 414 g/mol. The molecule has 2 aromatic carbocycles. The Hall–Kier alpha value is -1.98. The molecule has 0 saturated heterocycles. The minimum Gasteiger partial charge on any atom is -0.233 e. The second-order valence-electron chi connectivity index (χ2n) is 5.97. The van der Waals surface area contributed by atoms with Crippen LogP contribution in [0.5, 0.6) is 0 Å². The van der Waals surface area contributed by atoms with Crippen LogP contribution in [0.15, 0.2) is 46.9 Å². The van der Waals surface area contributed by atoms with Gasteiger partial charge in [-0.15, -0.1) is 5.10 Å². The van der Waals surface area contributed by atoms with Crippen LogP contribution in [-0.4, -0.2) is 19.6 Å². The van der Waals surface area contributed by atoms with Crippen LogP contribution in [-0.2, 0) is 6.42 Å². The fourth-order valence-electron chi connectivity index (χ4n) is 2.86. The fourth-order valence-corrected chi connectivity index (χ4v) is 3.29. The van der Waals surface area contributed by atoms with E-state index >= 15 is 0 Å². The van der Waals surface area contributed by atoms with Crippen molar-refractivity contribution in [1.29, 1.82) is 0 Å². The highest BCUT2D eigenvalue weighted by Gasteiger charge is 2.14. The molecular formula is C19H16BrClN4. The summed E-state index contributed by atoms with van der Waals surface area (Å²) in [5.74, 6) is 1.62. The van der Waals surface area contributed by atoms with E-state index in [-0.39, 0.29) is 0 Å². The molecule has 0 aliphatic heterocycles. The molecule has 25 heavy (non-hydrogen) atoms. The Morgan fingerprint density at radius 1 is 1.08 bits per heavy atom. The molecule has 0 amide bonds. The maximum absolute atomic E-state index is 6.16. The normalized spacial score (nSPS) is 11.5. The predicted octanol–water partition coefficient (Wildman–Crippen LogP) is 5.70. The highest BCUT2D eigenvalue weighted by Crippen LogP contribution is 2.26. The summed E-state index contributed by atoms with van der Waals surface area (Å²) < 4.78 is 2.91. The van der Waals surface area contributed by atoms with Crippen molar-refractivity contribution in [1.82, 2.24) is 19.6 Å². The van der Waals surface area contributed by atoms with E-state index in [1.807, 2.05) is 47.0 Å². The number of nitrogens with zero attached hydrogens (tertiary/aromatic N) is 4. The third kappa shape index (κ3) is 3.14. The molecule has 0 aliphatic carbocycles. The summed E-state index contributed by atoms with van der Waals surface area (Å²) in [6, 6.07) is 13.7. The van der Waals surface area contributed by atoms with Crippen molar-refractivity contribution >= 4 is 44.1 Å². The summed E-state index contributed by atoms with van der Waals surface area (Å²) in [5, 5.41) is 6.37. The average molecular weight is 416 g/mol. The molecule has 0 bridgehead atoms. The van der Waals surface area contributed by atoms with Gasteiger partial charge in [0.15, 0.2) is 11.5 Å². The molecule has 6 heteroatoms. The molecule has 0 atom stereocenters. The van der Waals surface area contributed by atoms with E-state index in [9.17, 15) is 0 Å². The lowest BCUT2D eigenvalue weighted by Gasteiger charge is -2.06. The van der Waals surface area contributed by atoms with Crippen LogP contribution < -0.4 is 0 Å². The van der Waals surface area contributed by atoms with Gasteiger partial charge in [-0.25, -0.2) is 9.97 Å². The summed E-state index contributed by atoms with van der Waals surface area (Å²) in [4.78, 5) is 9.58. The van der Waals surface area contributed by atoms with E-state index in [0.717, 1.165) is 51.7 Å². The van der Waals surface area contributed by atoms with Crippen LogP contribution in [0.4, 0.5) is 0 Å². The van der Waals surface area contributed by atoms with E-state index in [0.29, 0.717) is 10.8 Å². The molecule has 0 N–H and O–H groups in total. The van der Waals surface area contributed by atoms with Crippen molar-refractivity contribution in [3.05, 3.63) is 57.8 Å². The van der Waals surface area contributed by atoms with Gasteiger partial charge in [0, 0.05) is 26.9 Å². The standard InChI is InChI=1S/C19H16BrClN4/c1-2-3-4-17-22-16-11-14(21)9-10-15(16)19-23-18(24-25(17)19)12-5-7-13(20)8-6-12/h5-11H,2-4H2,1H3. The number of fused-ring (bicyclic) bond motifs is 3. The van der Waals surface area contributed by atoms with Gasteiger partial charge in [-0.1, -0.05) is 53.0 Å². The number of benzene rings is 2. The molecule has 2 heterocycles. The van der Waals surface area contributed by atoms with Crippen molar-refractivity contribution in [2.24, 2.45) is 0 Å². The first-order chi connectivity index (χ1) is 12.2. The van der Waals surface area contributed by atoms with Gasteiger partial charge in [0.2, 0.25) is 0 Å². The fraction of sp³-hybridized carbons (Fsp3) is 0.211. The number of halogens is 2. The molecule has 126 valence electrons. The second-order valence-corrected chi connectivity index (χ2v) is 7.32. The van der Waals surface area contributed by atoms with Crippen LogP contribution in [0.1, 0.15) is 25.6 Å². The number of aryl methyl sites for hydroxylation is 1. The van der Waals surface area contributed by atoms with Crippen LogP contribution in [0, 0.1) is 0 Å². The summed E-state index contributed by atoms with van der Waals surface area (Å²) in [6.45, 7) is 2.17. The van der Waals surface area contributed by atoms with E-state index in [2.05, 4.69) is 22.9 Å². The molecule has 0 unspecified atom stereocenters. The van der Waals surface area contributed by atoms with Crippen LogP contribution in [0.3, 0.4) is 0 Å². The minimum atomic E-state index is 0.679. The van der Waals surface area contributed by atoms with Crippen LogP contribution in [0.2, 0.25) is 5.02 Å². The molecule has 0 fully saturated rings. The first-order valence-electron chi connectivity index (χ1n) is 8.26. The van der Waals surface area contributed by atoms with Crippen LogP contribution in [0.25, 0.3) is 27.9 Å². The molecule has 4 aromatic rings. The molecule has 0 saturated carbocycles. The second kappa shape index (κ2) is 6.73. The largest absolute Gasteiger partial charge is 0.233 e. The van der Waals surface area contributed by atoms with Crippen molar-refractivity contribution < 1.29 is 0 Å². The summed E-state index contributed by atoms with van der Waals surface area (Å²) in [6.07, 6.45) is 3.02. The molecule has 0 aliphatic rings. The predicted molar refractivity (Wildman–Crippen MR) is 105 cm³/mol. The van der Waals surface area contributed by atoms with Gasteiger partial charge < -0.3 is 0 Å². The maximum Gasteiger partial charge on any atom is 0.182 e. The lowest BCUT2D eigenvalue weighted by Crippen LogP contribution is -2.03. The van der Waals surface area contributed by atoms with E-state index in [4.69, 9.17) is 26.7 Å². The number of unbranched alkanes of at least 4 members (excludes halogenated alkanes) is 1. The number of aromatic nitrogens is 4. The third-order valence-electron chi connectivity index (χ3n) is 4.16. The molecule has 2 aromatic heterocycles. The first kappa shape index (κ1) is 16.5. The van der Waals surface area contributed by atoms with Gasteiger partial charge in [0.25, 0.3) is 0 Å². The first-order valence-corrected chi connectivity index (χ1v) is 9.43. The number of rotatable bonds is 4. The van der Waals surface area contributed by atoms with Crippen molar-refractivity contribution in [2.75, 3.05) is 0 Å². The zero-order valence-corrected chi connectivity index (χ0v) is 16.0. The highest BCUT2D eigenvalue weighted by molar-refractivity contribution is 9.10. The smallest absolute Gasteiger partial charge is 0.182 e. The number of hydrogen-bond donors (Lipinski definition) is 0. The highest BCUT2D eigenvalue weighted by atomic mass is 79.9. The van der Waals surface area contributed by atoms with Crippen LogP contribution >= 0.6 is 27.5 Å². The van der Waals surface area contributed by atoms with Crippen molar-refractivity contribution in [3.8, 4) is 11.4 Å². The number of hydrogen-bond acceptors (Lipinski definition) is 3. The van der Waals surface area contributed by atoms with Gasteiger partial charge in [0.05, 0.1) is 5.52 Å². The maximum atomic E-state index is 6.16. The average Bonchev–Trinajstić information content (AvgIpc) is 3.05. The molecule has 4 rings (SSSR count). The van der Waals surface area contributed by atoms with E-state index < -0.39 is 0 Å². The van der Waals surface area contributed by atoms with E-state index in [1.54, 1.807) is 0 Å². The van der Waals surface area contributed by atoms with Gasteiger partial charge in [0.1, 0.15) is 5.82 Å². The Labute approximate surface area is 159 Å². The molecule has 0 radical (unpaired) electrons. The Bertz CT molecular complexity index is 1060. The zero-order valence-electron chi connectivity index (χ0n) is 13.7. The Kier molecular flexibility index (Phi) is 4.44. The Morgan fingerprint density at radius 3 is 2.64 bits per heavy atom. The molecular weight excluding hydrogens is 400 g/mol. The lowest BCUT2D eigenvalue weighted by atomic mass is 10.2. The lowest BCUT2D eigenvalue weighted by molar-refractivity contribution is 0.720. The summed E-state index contributed by atoms with van der Waals surface area (Å²) >= 11 is 9.62. The van der Waals surface area contributed by atoms with Gasteiger partial charge in [-0.2, -0.15) is 4.52 Å². The third-order valence-corrected chi connectivity index (χ3v) is 4.92. The van der Waals surface area contributed by atoms with Gasteiger partial charge in [-0.05, 0) is 36.8 Å². The minimum absolute atomic E-state index is 0.679. The molecule has 0 spiro atoms. The Balaban J connectivity index is 1.96. The van der Waals surface area contributed by atoms with E-state index in [1.165, 1.54) is 0 Å². The topological polar surface area (TPSA) is 43.1 Å². The quantitative estimate of drug-likeness (QED) is 0.429. The summed E-state index contributed by atoms with van der Waals surface area (Å²) in [5.41, 5.74) is 2.67.